The maximum atomic E-state index is 12.7. The minimum atomic E-state index is -3.58. The van der Waals surface area contributed by atoms with Gasteiger partial charge in [0.1, 0.15) is 0 Å². The monoisotopic (exact) mass is 361 g/mol. The molecule has 3 rings (SSSR count). The molecule has 0 saturated carbocycles. The molecular formula is C17H19N3O4S. The van der Waals surface area contributed by atoms with Crippen molar-refractivity contribution in [1.82, 2.24) is 9.29 Å². The van der Waals surface area contributed by atoms with Gasteiger partial charge in [-0.15, -0.1) is 0 Å². The normalized spacial score (nSPS) is 18.7. The van der Waals surface area contributed by atoms with E-state index in [1.807, 2.05) is 6.92 Å². The Hall–Kier alpha value is -2.29. The van der Waals surface area contributed by atoms with E-state index < -0.39 is 10.0 Å². The van der Waals surface area contributed by atoms with Gasteiger partial charge in [0.2, 0.25) is 10.0 Å². The third-order valence-electron chi connectivity index (χ3n) is 3.97. The molecule has 0 aliphatic carbocycles. The summed E-state index contributed by atoms with van der Waals surface area (Å²) in [5.74, 6) is -0.278. The molecule has 1 aliphatic rings. The molecule has 1 aromatic heterocycles. The topological polar surface area (TPSA) is 88.6 Å². The van der Waals surface area contributed by atoms with Gasteiger partial charge in [0.15, 0.2) is 0 Å². The number of hydrogen-bond donors (Lipinski definition) is 1. The zero-order chi connectivity index (χ0) is 17.9. The summed E-state index contributed by atoms with van der Waals surface area (Å²) in [6.45, 7) is 2.94. The Labute approximate surface area is 146 Å². The summed E-state index contributed by atoms with van der Waals surface area (Å²) in [5, 5.41) is 2.73. The Kier molecular flexibility index (Phi) is 5.12. The van der Waals surface area contributed by atoms with Crippen LogP contribution in [-0.4, -0.2) is 49.4 Å². The van der Waals surface area contributed by atoms with Crippen molar-refractivity contribution in [3.63, 3.8) is 0 Å². The molecule has 0 spiro atoms. The van der Waals surface area contributed by atoms with Gasteiger partial charge in [0.05, 0.1) is 18.1 Å². The molecule has 1 aliphatic heterocycles. The summed E-state index contributed by atoms with van der Waals surface area (Å²) >= 11 is 0. The van der Waals surface area contributed by atoms with Crippen molar-refractivity contribution in [2.45, 2.75) is 17.9 Å². The van der Waals surface area contributed by atoms with Crippen LogP contribution in [0.15, 0.2) is 53.7 Å². The number of anilines is 1. The van der Waals surface area contributed by atoms with E-state index in [4.69, 9.17) is 4.74 Å². The van der Waals surface area contributed by atoms with E-state index in [-0.39, 0.29) is 16.8 Å². The Morgan fingerprint density at radius 2 is 1.88 bits per heavy atom. The number of hydrogen-bond acceptors (Lipinski definition) is 5. The zero-order valence-electron chi connectivity index (χ0n) is 13.8. The molecule has 1 fully saturated rings. The predicted molar refractivity (Wildman–Crippen MR) is 92.8 cm³/mol. The molecule has 8 heteroatoms. The molecule has 0 radical (unpaired) electrons. The van der Waals surface area contributed by atoms with Crippen LogP contribution in [0.5, 0.6) is 0 Å². The largest absolute Gasteiger partial charge is 0.378 e. The first-order chi connectivity index (χ1) is 12.0. The first-order valence-corrected chi connectivity index (χ1v) is 9.33. The van der Waals surface area contributed by atoms with Gasteiger partial charge in [0.25, 0.3) is 5.91 Å². The highest BCUT2D eigenvalue weighted by Crippen LogP contribution is 2.22. The Morgan fingerprint density at radius 3 is 2.52 bits per heavy atom. The second-order valence-corrected chi connectivity index (χ2v) is 7.64. The van der Waals surface area contributed by atoms with Gasteiger partial charge in [0, 0.05) is 36.2 Å². The van der Waals surface area contributed by atoms with Crippen LogP contribution in [0.4, 0.5) is 5.69 Å². The number of rotatable bonds is 4. The molecule has 1 aromatic carbocycles. The highest BCUT2D eigenvalue weighted by atomic mass is 32.2. The quantitative estimate of drug-likeness (QED) is 0.896. The van der Waals surface area contributed by atoms with E-state index in [1.165, 1.54) is 28.8 Å². The lowest BCUT2D eigenvalue weighted by Crippen LogP contribution is -2.46. The van der Waals surface area contributed by atoms with Crippen molar-refractivity contribution in [1.29, 1.82) is 0 Å². The standard InChI is InChI=1S/C17H19N3O4S/c1-13-12-24-11-10-20(13)25(22,23)16-4-2-15(3-5-16)19-17(21)14-6-8-18-9-7-14/h2-9,13H,10-12H2,1H3,(H,19,21). The SMILES string of the molecule is CC1COCCN1S(=O)(=O)c1ccc(NC(=O)c2ccncc2)cc1. The fourth-order valence-corrected chi connectivity index (χ4v) is 4.22. The van der Waals surface area contributed by atoms with E-state index in [1.54, 1.807) is 24.3 Å². The van der Waals surface area contributed by atoms with Crippen LogP contribution in [-0.2, 0) is 14.8 Å². The molecule has 0 bridgehead atoms. The molecule has 1 atom stereocenters. The smallest absolute Gasteiger partial charge is 0.255 e. The lowest BCUT2D eigenvalue weighted by atomic mass is 10.2. The van der Waals surface area contributed by atoms with Crippen LogP contribution in [0.25, 0.3) is 0 Å². The number of pyridine rings is 1. The number of nitrogens with zero attached hydrogens (tertiary/aromatic N) is 2. The van der Waals surface area contributed by atoms with Gasteiger partial charge in [-0.1, -0.05) is 0 Å². The zero-order valence-corrected chi connectivity index (χ0v) is 14.6. The Balaban J connectivity index is 1.74. The molecule has 1 unspecified atom stereocenters. The summed E-state index contributed by atoms with van der Waals surface area (Å²) in [6.07, 6.45) is 3.07. The van der Waals surface area contributed by atoms with Crippen molar-refractivity contribution >= 4 is 21.6 Å². The summed E-state index contributed by atoms with van der Waals surface area (Å²) < 4.78 is 32.2. The van der Waals surface area contributed by atoms with Crippen LogP contribution in [0.2, 0.25) is 0 Å². The van der Waals surface area contributed by atoms with Crippen molar-refractivity contribution < 1.29 is 17.9 Å². The van der Waals surface area contributed by atoms with E-state index in [0.29, 0.717) is 31.0 Å². The second kappa shape index (κ2) is 7.30. The van der Waals surface area contributed by atoms with Gasteiger partial charge in [-0.3, -0.25) is 9.78 Å². The van der Waals surface area contributed by atoms with Crippen LogP contribution in [0.3, 0.4) is 0 Å². The number of aromatic nitrogens is 1. The molecular weight excluding hydrogens is 342 g/mol. The van der Waals surface area contributed by atoms with E-state index in [0.717, 1.165) is 0 Å². The summed E-state index contributed by atoms with van der Waals surface area (Å²) in [6, 6.07) is 9.17. The van der Waals surface area contributed by atoms with Gasteiger partial charge in [-0.25, -0.2) is 8.42 Å². The molecule has 2 heterocycles. The fourth-order valence-electron chi connectivity index (χ4n) is 2.62. The first-order valence-electron chi connectivity index (χ1n) is 7.89. The first kappa shape index (κ1) is 17.5. The van der Waals surface area contributed by atoms with E-state index in [2.05, 4.69) is 10.3 Å². The van der Waals surface area contributed by atoms with Crippen molar-refractivity contribution in [2.24, 2.45) is 0 Å². The summed E-state index contributed by atoms with van der Waals surface area (Å²) in [7, 11) is -3.58. The maximum Gasteiger partial charge on any atom is 0.255 e. The number of morpholine rings is 1. The van der Waals surface area contributed by atoms with Crippen molar-refractivity contribution in [3.8, 4) is 0 Å². The van der Waals surface area contributed by atoms with Crippen LogP contribution in [0.1, 0.15) is 17.3 Å². The van der Waals surface area contributed by atoms with Crippen LogP contribution >= 0.6 is 0 Å². The number of amides is 1. The second-order valence-electron chi connectivity index (χ2n) is 5.75. The molecule has 2 aromatic rings. The van der Waals surface area contributed by atoms with Gasteiger partial charge >= 0.3 is 0 Å². The van der Waals surface area contributed by atoms with Crippen LogP contribution < -0.4 is 5.32 Å². The van der Waals surface area contributed by atoms with Crippen molar-refractivity contribution in [2.75, 3.05) is 25.1 Å². The number of carbonyl (C=O) groups excluding carboxylic acids is 1. The van der Waals surface area contributed by atoms with Crippen LogP contribution in [0, 0.1) is 0 Å². The van der Waals surface area contributed by atoms with Gasteiger partial charge in [-0.05, 0) is 43.3 Å². The number of sulfonamides is 1. The lowest BCUT2D eigenvalue weighted by Gasteiger charge is -2.32. The Bertz CT molecular complexity index is 838. The average molecular weight is 361 g/mol. The Morgan fingerprint density at radius 1 is 1.20 bits per heavy atom. The minimum Gasteiger partial charge on any atom is -0.378 e. The number of nitrogens with one attached hydrogen (secondary N) is 1. The highest BCUT2D eigenvalue weighted by molar-refractivity contribution is 7.89. The van der Waals surface area contributed by atoms with E-state index >= 15 is 0 Å². The lowest BCUT2D eigenvalue weighted by molar-refractivity contribution is 0.0393. The maximum absolute atomic E-state index is 12.7. The highest BCUT2D eigenvalue weighted by Gasteiger charge is 2.31. The molecule has 132 valence electrons. The molecule has 1 saturated heterocycles. The molecule has 1 amide bonds. The molecule has 1 N–H and O–H groups in total. The van der Waals surface area contributed by atoms with Gasteiger partial charge in [-0.2, -0.15) is 4.31 Å². The van der Waals surface area contributed by atoms with Crippen molar-refractivity contribution in [3.05, 3.63) is 54.4 Å². The summed E-state index contributed by atoms with van der Waals surface area (Å²) in [4.78, 5) is 16.2. The third kappa shape index (κ3) is 3.87. The number of ether oxygens (including phenoxy) is 1. The molecule has 25 heavy (non-hydrogen) atoms. The average Bonchev–Trinajstić information content (AvgIpc) is 2.63. The fraction of sp³-hybridized carbons (Fsp3) is 0.294. The molecule has 7 nitrogen and oxygen atoms in total. The van der Waals surface area contributed by atoms with Gasteiger partial charge < -0.3 is 10.1 Å². The number of carbonyl (C=O) groups is 1. The summed E-state index contributed by atoms with van der Waals surface area (Å²) in [5.41, 5.74) is 1.00. The third-order valence-corrected chi connectivity index (χ3v) is 6.00. The van der Waals surface area contributed by atoms with E-state index in [9.17, 15) is 13.2 Å². The predicted octanol–water partition coefficient (Wildman–Crippen LogP) is 1.74. The minimum absolute atomic E-state index is 0.197. The number of benzene rings is 1.